The van der Waals surface area contributed by atoms with E-state index in [0.29, 0.717) is 26.1 Å². The zero-order valence-corrected chi connectivity index (χ0v) is 15.2. The number of nitrogens with two attached hydrogens (primary N) is 1. The van der Waals surface area contributed by atoms with Gasteiger partial charge in [-0.1, -0.05) is 30.3 Å². The summed E-state index contributed by atoms with van der Waals surface area (Å²) in [6.07, 6.45) is 1.61. The standard InChI is InChI=1S/C19H24N2O3S/c1-25(22,23)19-11-18(24-17-9-5-6-15(10-17)12-20)13-21(14-19)16-7-3-2-4-8-16/h2-10,18-19H,11-14,20H2,1H3. The van der Waals surface area contributed by atoms with E-state index in [9.17, 15) is 8.42 Å². The van der Waals surface area contributed by atoms with E-state index in [1.165, 1.54) is 6.26 Å². The van der Waals surface area contributed by atoms with Gasteiger partial charge in [0.25, 0.3) is 0 Å². The number of ether oxygens (including phenoxy) is 1. The second-order valence-electron chi connectivity index (χ2n) is 6.52. The topological polar surface area (TPSA) is 72.6 Å². The average molecular weight is 360 g/mol. The third-order valence-corrected chi connectivity index (χ3v) is 6.09. The maximum atomic E-state index is 12.2. The molecule has 5 nitrogen and oxygen atoms in total. The lowest BCUT2D eigenvalue weighted by atomic mass is 10.1. The van der Waals surface area contributed by atoms with Crippen LogP contribution in [-0.4, -0.2) is 39.1 Å². The van der Waals surface area contributed by atoms with Crippen LogP contribution in [0.1, 0.15) is 12.0 Å². The molecule has 0 radical (unpaired) electrons. The molecular formula is C19H24N2O3S. The Hall–Kier alpha value is -2.05. The molecule has 0 aromatic heterocycles. The number of benzene rings is 2. The first kappa shape index (κ1) is 17.8. The minimum absolute atomic E-state index is 0.193. The Kier molecular flexibility index (Phi) is 5.30. The van der Waals surface area contributed by atoms with E-state index in [0.717, 1.165) is 17.0 Å². The zero-order chi connectivity index (χ0) is 17.9. The maximum Gasteiger partial charge on any atom is 0.152 e. The van der Waals surface area contributed by atoms with Gasteiger partial charge in [0.05, 0.1) is 11.8 Å². The zero-order valence-electron chi connectivity index (χ0n) is 14.3. The average Bonchev–Trinajstić information content (AvgIpc) is 2.61. The van der Waals surface area contributed by atoms with Gasteiger partial charge < -0.3 is 15.4 Å². The van der Waals surface area contributed by atoms with Crippen LogP contribution in [0.25, 0.3) is 0 Å². The smallest absolute Gasteiger partial charge is 0.152 e. The summed E-state index contributed by atoms with van der Waals surface area (Å²) in [6.45, 7) is 1.60. The predicted octanol–water partition coefficient (Wildman–Crippen LogP) is 2.22. The van der Waals surface area contributed by atoms with Crippen LogP contribution in [0.2, 0.25) is 0 Å². The summed E-state index contributed by atoms with van der Waals surface area (Å²) in [5.41, 5.74) is 7.69. The molecule has 0 aliphatic carbocycles. The van der Waals surface area contributed by atoms with Gasteiger partial charge in [0.2, 0.25) is 0 Å². The molecule has 2 atom stereocenters. The molecule has 0 amide bonds. The third kappa shape index (κ3) is 4.52. The summed E-state index contributed by atoms with van der Waals surface area (Å²) in [5.74, 6) is 0.732. The first-order valence-corrected chi connectivity index (χ1v) is 10.4. The van der Waals surface area contributed by atoms with Gasteiger partial charge >= 0.3 is 0 Å². The van der Waals surface area contributed by atoms with Gasteiger partial charge in [0.1, 0.15) is 11.9 Å². The van der Waals surface area contributed by atoms with Crippen molar-refractivity contribution in [2.75, 3.05) is 24.2 Å². The molecule has 1 saturated heterocycles. The van der Waals surface area contributed by atoms with Crippen molar-refractivity contribution in [3.05, 3.63) is 60.2 Å². The van der Waals surface area contributed by atoms with E-state index in [1.54, 1.807) is 0 Å². The fourth-order valence-electron chi connectivity index (χ4n) is 3.19. The summed E-state index contributed by atoms with van der Waals surface area (Å²) >= 11 is 0. The Balaban J connectivity index is 1.82. The van der Waals surface area contributed by atoms with Gasteiger partial charge in [-0.05, 0) is 29.8 Å². The predicted molar refractivity (Wildman–Crippen MR) is 101 cm³/mol. The largest absolute Gasteiger partial charge is 0.489 e. The van der Waals surface area contributed by atoms with Crippen molar-refractivity contribution >= 4 is 15.5 Å². The maximum absolute atomic E-state index is 12.2. The summed E-state index contributed by atoms with van der Waals surface area (Å²) in [5, 5.41) is -0.441. The van der Waals surface area contributed by atoms with Crippen molar-refractivity contribution in [3.8, 4) is 5.75 Å². The molecule has 1 heterocycles. The Morgan fingerprint density at radius 1 is 1.12 bits per heavy atom. The number of hydrogen-bond donors (Lipinski definition) is 1. The second kappa shape index (κ2) is 7.45. The van der Waals surface area contributed by atoms with E-state index in [2.05, 4.69) is 4.90 Å². The first-order valence-electron chi connectivity index (χ1n) is 8.40. The third-order valence-electron chi connectivity index (χ3n) is 4.54. The molecule has 2 N–H and O–H groups in total. The Morgan fingerprint density at radius 2 is 1.88 bits per heavy atom. The van der Waals surface area contributed by atoms with Crippen LogP contribution in [0.5, 0.6) is 5.75 Å². The SMILES string of the molecule is CS(=O)(=O)C1CC(Oc2cccc(CN)c2)CN(c2ccccc2)C1. The molecule has 25 heavy (non-hydrogen) atoms. The summed E-state index contributed by atoms with van der Waals surface area (Å²) in [6, 6.07) is 17.5. The van der Waals surface area contributed by atoms with E-state index < -0.39 is 15.1 Å². The minimum Gasteiger partial charge on any atom is -0.489 e. The molecule has 2 unspecified atom stereocenters. The van der Waals surface area contributed by atoms with Crippen molar-refractivity contribution in [3.63, 3.8) is 0 Å². The van der Waals surface area contributed by atoms with Gasteiger partial charge in [-0.2, -0.15) is 0 Å². The molecule has 0 spiro atoms. The number of sulfone groups is 1. The molecule has 1 aliphatic rings. The second-order valence-corrected chi connectivity index (χ2v) is 8.84. The Labute approximate surface area is 149 Å². The van der Waals surface area contributed by atoms with Gasteiger partial charge in [0.15, 0.2) is 9.84 Å². The lowest BCUT2D eigenvalue weighted by Crippen LogP contribution is -2.50. The molecule has 2 aromatic carbocycles. The number of hydrogen-bond acceptors (Lipinski definition) is 5. The minimum atomic E-state index is -3.15. The van der Waals surface area contributed by atoms with Gasteiger partial charge in [-0.25, -0.2) is 8.42 Å². The molecule has 1 aliphatic heterocycles. The molecule has 134 valence electrons. The highest BCUT2D eigenvalue weighted by atomic mass is 32.2. The number of anilines is 1. The Morgan fingerprint density at radius 3 is 2.56 bits per heavy atom. The van der Waals surface area contributed by atoms with E-state index in [-0.39, 0.29) is 6.10 Å². The quantitative estimate of drug-likeness (QED) is 0.885. The van der Waals surface area contributed by atoms with E-state index >= 15 is 0 Å². The van der Waals surface area contributed by atoms with Crippen molar-refractivity contribution in [2.45, 2.75) is 24.3 Å². The van der Waals surface area contributed by atoms with Crippen molar-refractivity contribution in [1.82, 2.24) is 0 Å². The highest BCUT2D eigenvalue weighted by Crippen LogP contribution is 2.26. The fourth-order valence-corrected chi connectivity index (χ4v) is 4.21. The van der Waals surface area contributed by atoms with Crippen LogP contribution >= 0.6 is 0 Å². The summed E-state index contributed by atoms with van der Waals surface area (Å²) in [7, 11) is -3.15. The molecule has 0 saturated carbocycles. The molecule has 2 aromatic rings. The van der Waals surface area contributed by atoms with Crippen LogP contribution in [-0.2, 0) is 16.4 Å². The monoisotopic (exact) mass is 360 g/mol. The van der Waals surface area contributed by atoms with Crippen LogP contribution < -0.4 is 15.4 Å². The van der Waals surface area contributed by atoms with Crippen LogP contribution in [0.4, 0.5) is 5.69 Å². The van der Waals surface area contributed by atoms with E-state index in [1.807, 2.05) is 54.6 Å². The number of para-hydroxylation sites is 1. The summed E-state index contributed by atoms with van der Waals surface area (Å²) < 4.78 is 30.4. The fraction of sp³-hybridized carbons (Fsp3) is 0.368. The van der Waals surface area contributed by atoms with Gasteiger partial charge in [-0.15, -0.1) is 0 Å². The van der Waals surface area contributed by atoms with Crippen LogP contribution in [0.3, 0.4) is 0 Å². The lowest BCUT2D eigenvalue weighted by molar-refractivity contribution is 0.180. The van der Waals surface area contributed by atoms with Gasteiger partial charge in [0, 0.05) is 31.5 Å². The Bertz CT molecular complexity index is 808. The van der Waals surface area contributed by atoms with Gasteiger partial charge in [-0.3, -0.25) is 0 Å². The normalized spacial score (nSPS) is 21.1. The van der Waals surface area contributed by atoms with E-state index in [4.69, 9.17) is 10.5 Å². The molecule has 0 bridgehead atoms. The van der Waals surface area contributed by atoms with Crippen molar-refractivity contribution < 1.29 is 13.2 Å². The molecule has 6 heteroatoms. The van der Waals surface area contributed by atoms with Crippen LogP contribution in [0, 0.1) is 0 Å². The van der Waals surface area contributed by atoms with Crippen LogP contribution in [0.15, 0.2) is 54.6 Å². The summed E-state index contributed by atoms with van der Waals surface area (Å²) in [4.78, 5) is 2.09. The number of piperidine rings is 1. The van der Waals surface area contributed by atoms with Crippen molar-refractivity contribution in [1.29, 1.82) is 0 Å². The number of rotatable bonds is 5. The first-order chi connectivity index (χ1) is 12.0. The highest BCUT2D eigenvalue weighted by Gasteiger charge is 2.34. The van der Waals surface area contributed by atoms with Crippen molar-refractivity contribution in [2.24, 2.45) is 5.73 Å². The molecule has 3 rings (SSSR count). The molecule has 1 fully saturated rings. The number of nitrogens with zero attached hydrogens (tertiary/aromatic N) is 1. The lowest BCUT2D eigenvalue weighted by Gasteiger charge is -2.38. The highest BCUT2D eigenvalue weighted by molar-refractivity contribution is 7.91. The molecular weight excluding hydrogens is 336 g/mol.